The Morgan fingerprint density at radius 2 is 1.90 bits per heavy atom. The molecule has 110 valence electrons. The number of aromatic carboxylic acids is 1. The Morgan fingerprint density at radius 1 is 1.19 bits per heavy atom. The molecule has 0 bridgehead atoms. The molecule has 8 heteroatoms. The van der Waals surface area contributed by atoms with Gasteiger partial charge in [0.2, 0.25) is 0 Å². The first-order chi connectivity index (χ1) is 9.79. The van der Waals surface area contributed by atoms with Crippen molar-refractivity contribution in [2.45, 2.75) is 4.90 Å². The molecule has 2 N–H and O–H groups in total. The van der Waals surface area contributed by atoms with Crippen LogP contribution < -0.4 is 4.72 Å². The van der Waals surface area contributed by atoms with Gasteiger partial charge in [0.05, 0.1) is 5.56 Å². The van der Waals surface area contributed by atoms with E-state index in [4.69, 9.17) is 5.11 Å². The molecular formula is C13H9BrFNO4S. The second-order valence-corrected chi connectivity index (χ2v) is 6.63. The van der Waals surface area contributed by atoms with Crippen LogP contribution in [0.25, 0.3) is 0 Å². The van der Waals surface area contributed by atoms with Crippen molar-refractivity contribution in [3.8, 4) is 0 Å². The van der Waals surface area contributed by atoms with Crippen LogP contribution in [0.3, 0.4) is 0 Å². The van der Waals surface area contributed by atoms with Gasteiger partial charge in [-0.2, -0.15) is 0 Å². The summed E-state index contributed by atoms with van der Waals surface area (Å²) in [6, 6.07) is 8.77. The Kier molecular flexibility index (Phi) is 4.29. The van der Waals surface area contributed by atoms with Gasteiger partial charge >= 0.3 is 5.97 Å². The molecule has 0 radical (unpaired) electrons. The molecule has 0 atom stereocenters. The van der Waals surface area contributed by atoms with Gasteiger partial charge in [-0.05, 0) is 36.4 Å². The fraction of sp³-hybridized carbons (Fsp3) is 0. The Labute approximate surface area is 128 Å². The lowest BCUT2D eigenvalue weighted by Gasteiger charge is -2.09. The Morgan fingerprint density at radius 3 is 2.52 bits per heavy atom. The van der Waals surface area contributed by atoms with E-state index < -0.39 is 26.7 Å². The van der Waals surface area contributed by atoms with Crippen LogP contribution >= 0.6 is 15.9 Å². The molecule has 5 nitrogen and oxygen atoms in total. The van der Waals surface area contributed by atoms with E-state index in [2.05, 4.69) is 20.7 Å². The number of rotatable bonds is 4. The summed E-state index contributed by atoms with van der Waals surface area (Å²) in [4.78, 5) is 10.3. The first-order valence-electron chi connectivity index (χ1n) is 5.61. The van der Waals surface area contributed by atoms with Gasteiger partial charge in [0.15, 0.2) is 0 Å². The normalized spacial score (nSPS) is 11.1. The van der Waals surface area contributed by atoms with Crippen LogP contribution in [0.2, 0.25) is 0 Å². The second-order valence-electron chi connectivity index (χ2n) is 4.07. The smallest absolute Gasteiger partial charge is 0.335 e. The van der Waals surface area contributed by atoms with Crippen molar-refractivity contribution in [2.24, 2.45) is 0 Å². The molecule has 2 rings (SSSR count). The highest BCUT2D eigenvalue weighted by Crippen LogP contribution is 2.22. The molecule has 0 aliphatic rings. The highest BCUT2D eigenvalue weighted by Gasteiger charge is 2.19. The van der Waals surface area contributed by atoms with Gasteiger partial charge in [-0.3, -0.25) is 4.72 Å². The minimum atomic E-state index is -4.14. The van der Waals surface area contributed by atoms with Crippen LogP contribution in [0.4, 0.5) is 10.1 Å². The number of sulfonamides is 1. The van der Waals surface area contributed by atoms with Gasteiger partial charge in [0.25, 0.3) is 10.0 Å². The fourth-order valence-electron chi connectivity index (χ4n) is 1.62. The average Bonchev–Trinajstić information content (AvgIpc) is 2.37. The molecule has 2 aromatic carbocycles. The van der Waals surface area contributed by atoms with Crippen molar-refractivity contribution in [3.05, 3.63) is 58.3 Å². The van der Waals surface area contributed by atoms with Gasteiger partial charge in [0, 0.05) is 10.2 Å². The van der Waals surface area contributed by atoms with Crippen LogP contribution in [0.15, 0.2) is 51.8 Å². The molecular weight excluding hydrogens is 365 g/mol. The minimum absolute atomic E-state index is 0.0391. The number of carbonyl (C=O) groups is 1. The number of benzene rings is 2. The maximum absolute atomic E-state index is 13.7. The van der Waals surface area contributed by atoms with E-state index in [1.165, 1.54) is 24.3 Å². The van der Waals surface area contributed by atoms with E-state index in [1.54, 1.807) is 0 Å². The molecule has 0 unspecified atom stereocenters. The zero-order valence-corrected chi connectivity index (χ0v) is 12.8. The number of carboxylic acids is 1. The lowest BCUT2D eigenvalue weighted by molar-refractivity contribution is 0.0697. The first-order valence-corrected chi connectivity index (χ1v) is 7.88. The zero-order chi connectivity index (χ0) is 15.6. The van der Waals surface area contributed by atoms with Crippen LogP contribution in [-0.4, -0.2) is 19.5 Å². The predicted molar refractivity (Wildman–Crippen MR) is 78.3 cm³/mol. The summed E-state index contributed by atoms with van der Waals surface area (Å²) in [7, 11) is -4.14. The van der Waals surface area contributed by atoms with Crippen LogP contribution in [0, 0.1) is 5.82 Å². The SMILES string of the molecule is O=C(O)c1cccc(NS(=O)(=O)c2ccc(Br)cc2F)c1. The maximum Gasteiger partial charge on any atom is 0.335 e. The molecule has 0 amide bonds. The van der Waals surface area contributed by atoms with Crippen LogP contribution in [-0.2, 0) is 10.0 Å². The van der Waals surface area contributed by atoms with Crippen molar-refractivity contribution in [1.82, 2.24) is 0 Å². The van der Waals surface area contributed by atoms with E-state index >= 15 is 0 Å². The summed E-state index contributed by atoms with van der Waals surface area (Å²) in [5.41, 5.74) is -0.0382. The Hall–Kier alpha value is -1.93. The van der Waals surface area contributed by atoms with Crippen LogP contribution in [0.1, 0.15) is 10.4 Å². The number of halogens is 2. The standard InChI is InChI=1S/C13H9BrFNO4S/c14-9-4-5-12(11(15)7-9)21(19,20)16-10-3-1-2-8(6-10)13(17)18/h1-7,16H,(H,17,18). The van der Waals surface area contributed by atoms with E-state index in [1.807, 2.05) is 0 Å². The lowest BCUT2D eigenvalue weighted by Crippen LogP contribution is -2.15. The summed E-state index contributed by atoms with van der Waals surface area (Å²) in [6.07, 6.45) is 0. The zero-order valence-electron chi connectivity index (χ0n) is 10.4. The second kappa shape index (κ2) is 5.82. The van der Waals surface area contributed by atoms with Crippen molar-refractivity contribution >= 4 is 37.6 Å². The summed E-state index contributed by atoms with van der Waals surface area (Å²) in [5.74, 6) is -2.10. The van der Waals surface area contributed by atoms with Crippen molar-refractivity contribution < 1.29 is 22.7 Å². The molecule has 0 fully saturated rings. The third-order valence-corrected chi connectivity index (χ3v) is 4.45. The van der Waals surface area contributed by atoms with Gasteiger partial charge < -0.3 is 5.11 Å². The number of anilines is 1. The average molecular weight is 374 g/mol. The molecule has 0 aliphatic heterocycles. The fourth-order valence-corrected chi connectivity index (χ4v) is 3.06. The minimum Gasteiger partial charge on any atom is -0.478 e. The van der Waals surface area contributed by atoms with Crippen molar-refractivity contribution in [1.29, 1.82) is 0 Å². The molecule has 2 aromatic rings. The van der Waals surface area contributed by atoms with Crippen molar-refractivity contribution in [2.75, 3.05) is 4.72 Å². The number of hydrogen-bond acceptors (Lipinski definition) is 3. The molecule has 0 heterocycles. The molecule has 0 spiro atoms. The maximum atomic E-state index is 13.7. The summed E-state index contributed by atoms with van der Waals surface area (Å²) in [5, 5.41) is 8.86. The predicted octanol–water partition coefficient (Wildman–Crippen LogP) is 3.09. The number of hydrogen-bond donors (Lipinski definition) is 2. The van der Waals surface area contributed by atoms with Gasteiger partial charge in [0.1, 0.15) is 10.7 Å². The third-order valence-electron chi connectivity index (χ3n) is 2.55. The quantitative estimate of drug-likeness (QED) is 0.862. The highest BCUT2D eigenvalue weighted by molar-refractivity contribution is 9.10. The Bertz CT molecular complexity index is 808. The molecule has 0 saturated heterocycles. The van der Waals surface area contributed by atoms with Crippen LogP contribution in [0.5, 0.6) is 0 Å². The van der Waals surface area contributed by atoms with Gasteiger partial charge in [-0.1, -0.05) is 22.0 Å². The lowest BCUT2D eigenvalue weighted by atomic mass is 10.2. The molecule has 0 aliphatic carbocycles. The topological polar surface area (TPSA) is 83.5 Å². The summed E-state index contributed by atoms with van der Waals surface area (Å²) < 4.78 is 40.5. The molecule has 0 saturated carbocycles. The van der Waals surface area contributed by atoms with Gasteiger partial charge in [-0.25, -0.2) is 17.6 Å². The summed E-state index contributed by atoms with van der Waals surface area (Å²) >= 11 is 3.03. The van der Waals surface area contributed by atoms with E-state index in [0.717, 1.165) is 18.2 Å². The number of carboxylic acid groups (broad SMARTS) is 1. The van der Waals surface area contributed by atoms with Crippen molar-refractivity contribution in [3.63, 3.8) is 0 Å². The Balaban J connectivity index is 2.37. The summed E-state index contributed by atoms with van der Waals surface area (Å²) in [6.45, 7) is 0. The van der Waals surface area contributed by atoms with E-state index in [-0.39, 0.29) is 11.3 Å². The monoisotopic (exact) mass is 373 g/mol. The first kappa shape index (κ1) is 15.5. The van der Waals surface area contributed by atoms with E-state index in [0.29, 0.717) is 4.47 Å². The highest BCUT2D eigenvalue weighted by atomic mass is 79.9. The molecule has 0 aromatic heterocycles. The van der Waals surface area contributed by atoms with E-state index in [9.17, 15) is 17.6 Å². The van der Waals surface area contributed by atoms with Gasteiger partial charge in [-0.15, -0.1) is 0 Å². The number of nitrogens with one attached hydrogen (secondary N) is 1. The molecule has 21 heavy (non-hydrogen) atoms. The third kappa shape index (κ3) is 3.59. The largest absolute Gasteiger partial charge is 0.478 e.